The van der Waals surface area contributed by atoms with E-state index in [-0.39, 0.29) is 18.6 Å². The summed E-state index contributed by atoms with van der Waals surface area (Å²) < 4.78 is 23.2. The van der Waals surface area contributed by atoms with E-state index in [1.165, 1.54) is 6.26 Å². The standard InChI is InChI=1S/C16H24N2O3S/c1-11-6-5-7-12(2)15(11)13(3)17-16(19)18-9-8-14(10-18)22(4,20)21/h5-7,13-14H,8-10H2,1-4H3,(H,17,19). The highest BCUT2D eigenvalue weighted by atomic mass is 32.2. The Morgan fingerprint density at radius 3 is 2.41 bits per heavy atom. The zero-order valence-corrected chi connectivity index (χ0v) is 14.4. The van der Waals surface area contributed by atoms with Gasteiger partial charge in [0, 0.05) is 19.3 Å². The lowest BCUT2D eigenvalue weighted by molar-refractivity contribution is 0.205. The summed E-state index contributed by atoms with van der Waals surface area (Å²) in [7, 11) is -3.08. The number of rotatable bonds is 3. The monoisotopic (exact) mass is 324 g/mol. The van der Waals surface area contributed by atoms with Gasteiger partial charge in [0.1, 0.15) is 0 Å². The van der Waals surface area contributed by atoms with Gasteiger partial charge in [-0.15, -0.1) is 0 Å². The summed E-state index contributed by atoms with van der Waals surface area (Å²) in [6.07, 6.45) is 1.75. The number of hydrogen-bond acceptors (Lipinski definition) is 3. The minimum Gasteiger partial charge on any atom is -0.331 e. The van der Waals surface area contributed by atoms with E-state index in [1.807, 2.05) is 39.0 Å². The highest BCUT2D eigenvalue weighted by molar-refractivity contribution is 7.91. The first-order valence-corrected chi connectivity index (χ1v) is 9.46. The minimum atomic E-state index is -3.08. The average Bonchev–Trinajstić information content (AvgIpc) is 2.87. The van der Waals surface area contributed by atoms with E-state index >= 15 is 0 Å². The first-order valence-electron chi connectivity index (χ1n) is 7.50. The number of hydrogen-bond donors (Lipinski definition) is 1. The number of carbonyl (C=O) groups is 1. The first-order chi connectivity index (χ1) is 10.2. The summed E-state index contributed by atoms with van der Waals surface area (Å²) in [5.41, 5.74) is 3.40. The Bertz CT molecular complexity index is 650. The van der Waals surface area contributed by atoms with Gasteiger partial charge >= 0.3 is 6.03 Å². The number of aryl methyl sites for hydroxylation is 2. The van der Waals surface area contributed by atoms with Crippen molar-refractivity contribution in [2.75, 3.05) is 19.3 Å². The van der Waals surface area contributed by atoms with E-state index in [0.717, 1.165) is 16.7 Å². The molecule has 2 rings (SSSR count). The fourth-order valence-electron chi connectivity index (χ4n) is 3.12. The normalized spacial score (nSPS) is 20.0. The summed E-state index contributed by atoms with van der Waals surface area (Å²) in [6.45, 7) is 6.78. The van der Waals surface area contributed by atoms with E-state index in [4.69, 9.17) is 0 Å². The molecule has 1 aromatic carbocycles. The molecule has 1 aliphatic rings. The highest BCUT2D eigenvalue weighted by Crippen LogP contribution is 2.22. The highest BCUT2D eigenvalue weighted by Gasteiger charge is 2.33. The summed E-state index contributed by atoms with van der Waals surface area (Å²) in [5.74, 6) is 0. The quantitative estimate of drug-likeness (QED) is 0.927. The number of carbonyl (C=O) groups excluding carboxylic acids is 1. The Morgan fingerprint density at radius 2 is 1.91 bits per heavy atom. The number of urea groups is 1. The van der Waals surface area contributed by atoms with Crippen LogP contribution in [-0.2, 0) is 9.84 Å². The van der Waals surface area contributed by atoms with Crippen LogP contribution < -0.4 is 5.32 Å². The summed E-state index contributed by atoms with van der Waals surface area (Å²) in [4.78, 5) is 13.9. The zero-order chi connectivity index (χ0) is 16.5. The van der Waals surface area contributed by atoms with Crippen molar-refractivity contribution in [3.63, 3.8) is 0 Å². The summed E-state index contributed by atoms with van der Waals surface area (Å²) in [6, 6.07) is 5.76. The lowest BCUT2D eigenvalue weighted by Crippen LogP contribution is -2.41. The van der Waals surface area contributed by atoms with Crippen molar-refractivity contribution in [1.29, 1.82) is 0 Å². The van der Waals surface area contributed by atoms with Crippen LogP contribution in [0, 0.1) is 13.8 Å². The summed E-state index contributed by atoms with van der Waals surface area (Å²) >= 11 is 0. The van der Waals surface area contributed by atoms with Crippen LogP contribution in [0.5, 0.6) is 0 Å². The first kappa shape index (κ1) is 16.8. The molecule has 1 aliphatic heterocycles. The number of nitrogens with zero attached hydrogens (tertiary/aromatic N) is 1. The van der Waals surface area contributed by atoms with Gasteiger partial charge in [0.15, 0.2) is 9.84 Å². The fraction of sp³-hybridized carbons (Fsp3) is 0.562. The van der Waals surface area contributed by atoms with Crippen LogP contribution in [0.3, 0.4) is 0 Å². The van der Waals surface area contributed by atoms with Crippen molar-refractivity contribution in [2.24, 2.45) is 0 Å². The molecule has 0 radical (unpaired) electrons. The molecule has 1 fully saturated rings. The van der Waals surface area contributed by atoms with Gasteiger partial charge in [-0.05, 0) is 43.9 Å². The van der Waals surface area contributed by atoms with Crippen molar-refractivity contribution in [1.82, 2.24) is 10.2 Å². The molecule has 0 bridgehead atoms. The third-order valence-electron chi connectivity index (χ3n) is 4.35. The maximum Gasteiger partial charge on any atom is 0.317 e. The molecule has 1 N–H and O–H groups in total. The zero-order valence-electron chi connectivity index (χ0n) is 13.6. The van der Waals surface area contributed by atoms with Crippen LogP contribution in [0.4, 0.5) is 4.79 Å². The van der Waals surface area contributed by atoms with E-state index in [9.17, 15) is 13.2 Å². The Morgan fingerprint density at radius 1 is 1.32 bits per heavy atom. The molecular weight excluding hydrogens is 300 g/mol. The number of likely N-dealkylation sites (tertiary alicyclic amines) is 1. The topological polar surface area (TPSA) is 66.5 Å². The van der Waals surface area contributed by atoms with Crippen LogP contribution in [0.25, 0.3) is 0 Å². The Hall–Kier alpha value is -1.56. The minimum absolute atomic E-state index is 0.106. The molecule has 1 aromatic rings. The lowest BCUT2D eigenvalue weighted by Gasteiger charge is -2.23. The number of nitrogens with one attached hydrogen (secondary N) is 1. The maximum atomic E-state index is 12.3. The average molecular weight is 324 g/mol. The Labute approximate surface area is 132 Å². The SMILES string of the molecule is Cc1cccc(C)c1C(C)NC(=O)N1CCC(S(C)(=O)=O)C1. The van der Waals surface area contributed by atoms with Crippen molar-refractivity contribution >= 4 is 15.9 Å². The molecule has 1 heterocycles. The molecule has 0 aliphatic carbocycles. The van der Waals surface area contributed by atoms with E-state index < -0.39 is 15.1 Å². The van der Waals surface area contributed by atoms with Crippen LogP contribution in [0.1, 0.15) is 36.1 Å². The van der Waals surface area contributed by atoms with Gasteiger partial charge in [-0.25, -0.2) is 13.2 Å². The fourth-order valence-corrected chi connectivity index (χ4v) is 4.11. The van der Waals surface area contributed by atoms with Crippen molar-refractivity contribution in [3.05, 3.63) is 34.9 Å². The largest absolute Gasteiger partial charge is 0.331 e. The van der Waals surface area contributed by atoms with Crippen LogP contribution in [0.2, 0.25) is 0 Å². The number of amides is 2. The van der Waals surface area contributed by atoms with Crippen molar-refractivity contribution in [2.45, 2.75) is 38.5 Å². The molecule has 2 amide bonds. The van der Waals surface area contributed by atoms with Gasteiger partial charge in [-0.1, -0.05) is 18.2 Å². The van der Waals surface area contributed by atoms with Crippen LogP contribution in [-0.4, -0.2) is 43.9 Å². The van der Waals surface area contributed by atoms with Crippen LogP contribution in [0.15, 0.2) is 18.2 Å². The van der Waals surface area contributed by atoms with Gasteiger partial charge in [0.2, 0.25) is 0 Å². The second-order valence-electron chi connectivity index (χ2n) is 6.16. The van der Waals surface area contributed by atoms with Gasteiger partial charge in [0.25, 0.3) is 0 Å². The molecule has 6 heteroatoms. The van der Waals surface area contributed by atoms with Gasteiger partial charge < -0.3 is 10.2 Å². The Balaban J connectivity index is 2.04. The second-order valence-corrected chi connectivity index (χ2v) is 8.49. The third kappa shape index (κ3) is 3.61. The van der Waals surface area contributed by atoms with E-state index in [2.05, 4.69) is 5.32 Å². The van der Waals surface area contributed by atoms with Crippen LogP contribution >= 0.6 is 0 Å². The van der Waals surface area contributed by atoms with E-state index in [1.54, 1.807) is 4.90 Å². The van der Waals surface area contributed by atoms with E-state index in [0.29, 0.717) is 13.0 Å². The molecule has 2 atom stereocenters. The van der Waals surface area contributed by atoms with Gasteiger partial charge in [-0.2, -0.15) is 0 Å². The molecule has 0 spiro atoms. The lowest BCUT2D eigenvalue weighted by atomic mass is 9.97. The van der Waals surface area contributed by atoms with Crippen molar-refractivity contribution < 1.29 is 13.2 Å². The number of benzene rings is 1. The molecule has 0 aromatic heterocycles. The molecule has 5 nitrogen and oxygen atoms in total. The molecule has 22 heavy (non-hydrogen) atoms. The molecule has 122 valence electrons. The van der Waals surface area contributed by atoms with Gasteiger partial charge in [-0.3, -0.25) is 0 Å². The molecule has 1 saturated heterocycles. The predicted molar refractivity (Wildman–Crippen MR) is 87.7 cm³/mol. The van der Waals surface area contributed by atoms with Crippen molar-refractivity contribution in [3.8, 4) is 0 Å². The maximum absolute atomic E-state index is 12.3. The second kappa shape index (κ2) is 6.28. The third-order valence-corrected chi connectivity index (χ3v) is 5.95. The predicted octanol–water partition coefficient (Wildman–Crippen LogP) is 2.19. The Kier molecular flexibility index (Phi) is 4.80. The smallest absolute Gasteiger partial charge is 0.317 e. The van der Waals surface area contributed by atoms with Gasteiger partial charge in [0.05, 0.1) is 11.3 Å². The number of sulfone groups is 1. The molecule has 2 unspecified atom stereocenters. The molecular formula is C16H24N2O3S. The molecule has 0 saturated carbocycles. The summed E-state index contributed by atoms with van der Waals surface area (Å²) in [5, 5.41) is 2.55.